The standard InChI is InChI=1S/C13H26N2O3S/c1-6-7-8-11-12(16)15(10(2)14-11)9-13(3,4)19(5,17)18/h10-11,14H,6-9H2,1-5H3. The van der Waals surface area contributed by atoms with Gasteiger partial charge in [-0.3, -0.25) is 10.1 Å². The predicted octanol–water partition coefficient (Wildman–Crippen LogP) is 1.15. The summed E-state index contributed by atoms with van der Waals surface area (Å²) in [6.07, 6.45) is 3.99. The molecule has 0 saturated carbocycles. The first-order valence-electron chi connectivity index (χ1n) is 6.86. The molecular formula is C13H26N2O3S. The van der Waals surface area contributed by atoms with Gasteiger partial charge in [0.25, 0.3) is 0 Å². The molecule has 1 fully saturated rings. The number of hydrogen-bond acceptors (Lipinski definition) is 4. The van der Waals surface area contributed by atoms with Crippen molar-refractivity contribution in [2.24, 2.45) is 0 Å². The monoisotopic (exact) mass is 290 g/mol. The van der Waals surface area contributed by atoms with E-state index in [0.29, 0.717) is 0 Å². The van der Waals surface area contributed by atoms with E-state index in [4.69, 9.17) is 0 Å². The Kier molecular flexibility index (Phi) is 5.01. The largest absolute Gasteiger partial charge is 0.325 e. The van der Waals surface area contributed by atoms with Crippen molar-refractivity contribution < 1.29 is 13.2 Å². The van der Waals surface area contributed by atoms with Gasteiger partial charge in [0.1, 0.15) is 0 Å². The van der Waals surface area contributed by atoms with Gasteiger partial charge < -0.3 is 4.90 Å². The normalized spacial score (nSPS) is 25.1. The van der Waals surface area contributed by atoms with Crippen LogP contribution in [0.4, 0.5) is 0 Å². The van der Waals surface area contributed by atoms with Crippen molar-refractivity contribution in [1.29, 1.82) is 0 Å². The maximum absolute atomic E-state index is 12.3. The second kappa shape index (κ2) is 5.79. The molecule has 0 aliphatic carbocycles. The second-order valence-electron chi connectivity index (χ2n) is 6.04. The van der Waals surface area contributed by atoms with Crippen molar-refractivity contribution in [1.82, 2.24) is 10.2 Å². The van der Waals surface area contributed by atoms with Crippen LogP contribution in [0.3, 0.4) is 0 Å². The zero-order valence-corrected chi connectivity index (χ0v) is 13.4. The number of nitrogens with one attached hydrogen (secondary N) is 1. The highest BCUT2D eigenvalue weighted by atomic mass is 32.2. The number of sulfone groups is 1. The van der Waals surface area contributed by atoms with Crippen molar-refractivity contribution >= 4 is 15.7 Å². The zero-order chi connectivity index (χ0) is 14.8. The number of amides is 1. The molecule has 1 heterocycles. The topological polar surface area (TPSA) is 66.5 Å². The molecule has 1 rings (SSSR count). The maximum atomic E-state index is 12.3. The smallest absolute Gasteiger partial charge is 0.241 e. The van der Waals surface area contributed by atoms with Gasteiger partial charge >= 0.3 is 0 Å². The first kappa shape index (κ1) is 16.4. The molecule has 1 N–H and O–H groups in total. The number of carbonyl (C=O) groups excluding carboxylic acids is 1. The van der Waals surface area contributed by atoms with Crippen LogP contribution in [0, 0.1) is 0 Å². The lowest BCUT2D eigenvalue weighted by molar-refractivity contribution is -0.130. The Hall–Kier alpha value is -0.620. The van der Waals surface area contributed by atoms with Crippen LogP contribution in [-0.4, -0.2) is 49.0 Å². The summed E-state index contributed by atoms with van der Waals surface area (Å²) >= 11 is 0. The number of carbonyl (C=O) groups is 1. The summed E-state index contributed by atoms with van der Waals surface area (Å²) in [6.45, 7) is 7.57. The molecule has 0 aromatic rings. The van der Waals surface area contributed by atoms with Crippen molar-refractivity contribution in [3.05, 3.63) is 0 Å². The second-order valence-corrected chi connectivity index (χ2v) is 8.68. The highest BCUT2D eigenvalue weighted by molar-refractivity contribution is 7.92. The van der Waals surface area contributed by atoms with E-state index in [1.165, 1.54) is 6.26 Å². The first-order valence-corrected chi connectivity index (χ1v) is 8.75. The molecular weight excluding hydrogens is 264 g/mol. The molecule has 19 heavy (non-hydrogen) atoms. The fourth-order valence-electron chi connectivity index (χ4n) is 2.20. The molecule has 1 aliphatic heterocycles. The molecule has 2 atom stereocenters. The summed E-state index contributed by atoms with van der Waals surface area (Å²) in [5.74, 6) is 0.0256. The summed E-state index contributed by atoms with van der Waals surface area (Å²) in [7, 11) is -3.19. The Balaban J connectivity index is 2.77. The van der Waals surface area contributed by atoms with Gasteiger partial charge in [-0.1, -0.05) is 19.8 Å². The zero-order valence-electron chi connectivity index (χ0n) is 12.6. The van der Waals surface area contributed by atoms with Crippen LogP contribution < -0.4 is 5.32 Å². The van der Waals surface area contributed by atoms with E-state index in [1.54, 1.807) is 18.7 Å². The summed E-state index contributed by atoms with van der Waals surface area (Å²) in [4.78, 5) is 13.9. The highest BCUT2D eigenvalue weighted by Crippen LogP contribution is 2.22. The lowest BCUT2D eigenvalue weighted by Crippen LogP contribution is -2.48. The molecule has 0 radical (unpaired) electrons. The fraction of sp³-hybridized carbons (Fsp3) is 0.923. The van der Waals surface area contributed by atoms with Gasteiger partial charge in [-0.2, -0.15) is 0 Å². The third kappa shape index (κ3) is 3.69. The lowest BCUT2D eigenvalue weighted by atomic mass is 10.1. The highest BCUT2D eigenvalue weighted by Gasteiger charge is 2.41. The van der Waals surface area contributed by atoms with Crippen LogP contribution in [0.1, 0.15) is 47.0 Å². The van der Waals surface area contributed by atoms with Crippen LogP contribution in [0.5, 0.6) is 0 Å². The van der Waals surface area contributed by atoms with Gasteiger partial charge in [0.2, 0.25) is 5.91 Å². The van der Waals surface area contributed by atoms with Crippen molar-refractivity contribution in [3.8, 4) is 0 Å². The molecule has 1 amide bonds. The summed E-state index contributed by atoms with van der Waals surface area (Å²) < 4.78 is 22.6. The van der Waals surface area contributed by atoms with Crippen LogP contribution in [0.2, 0.25) is 0 Å². The minimum absolute atomic E-state index is 0.0256. The lowest BCUT2D eigenvalue weighted by Gasteiger charge is -2.30. The molecule has 0 bridgehead atoms. The fourth-order valence-corrected chi connectivity index (χ4v) is 2.57. The van der Waals surface area contributed by atoms with E-state index in [1.807, 2.05) is 6.92 Å². The van der Waals surface area contributed by atoms with E-state index >= 15 is 0 Å². The van der Waals surface area contributed by atoms with Crippen LogP contribution in [0.15, 0.2) is 0 Å². The Bertz CT molecular complexity index is 431. The van der Waals surface area contributed by atoms with Gasteiger partial charge in [-0.05, 0) is 27.2 Å². The Morgan fingerprint density at radius 2 is 1.95 bits per heavy atom. The molecule has 0 spiro atoms. The SMILES string of the molecule is CCCCC1NC(C)N(CC(C)(C)S(C)(=O)=O)C1=O. The van der Waals surface area contributed by atoms with Crippen LogP contribution in [-0.2, 0) is 14.6 Å². The van der Waals surface area contributed by atoms with Crippen molar-refractivity contribution in [3.63, 3.8) is 0 Å². The minimum atomic E-state index is -3.19. The molecule has 6 heteroatoms. The predicted molar refractivity (Wildman–Crippen MR) is 76.5 cm³/mol. The van der Waals surface area contributed by atoms with Crippen LogP contribution >= 0.6 is 0 Å². The number of nitrogens with zero attached hydrogens (tertiary/aromatic N) is 1. The van der Waals surface area contributed by atoms with E-state index in [0.717, 1.165) is 19.3 Å². The van der Waals surface area contributed by atoms with Crippen LogP contribution in [0.25, 0.3) is 0 Å². The molecule has 1 saturated heterocycles. The molecule has 2 unspecified atom stereocenters. The first-order chi connectivity index (χ1) is 8.60. The van der Waals surface area contributed by atoms with E-state index in [9.17, 15) is 13.2 Å². The number of hydrogen-bond donors (Lipinski definition) is 1. The van der Waals surface area contributed by atoms with Gasteiger partial charge in [-0.15, -0.1) is 0 Å². The average molecular weight is 290 g/mol. The molecule has 5 nitrogen and oxygen atoms in total. The van der Waals surface area contributed by atoms with Gasteiger partial charge in [-0.25, -0.2) is 8.42 Å². The Morgan fingerprint density at radius 3 is 2.42 bits per heavy atom. The Labute approximate surface area is 116 Å². The number of unbranched alkanes of at least 4 members (excludes halogenated alkanes) is 1. The molecule has 112 valence electrons. The van der Waals surface area contributed by atoms with E-state index in [2.05, 4.69) is 12.2 Å². The van der Waals surface area contributed by atoms with E-state index in [-0.39, 0.29) is 24.7 Å². The summed E-state index contributed by atoms with van der Waals surface area (Å²) in [5, 5.41) is 3.24. The van der Waals surface area contributed by atoms with Gasteiger partial charge in [0.15, 0.2) is 9.84 Å². The number of rotatable bonds is 6. The van der Waals surface area contributed by atoms with E-state index < -0.39 is 14.6 Å². The van der Waals surface area contributed by atoms with Crippen molar-refractivity contribution in [2.75, 3.05) is 12.8 Å². The molecule has 0 aromatic carbocycles. The van der Waals surface area contributed by atoms with Crippen molar-refractivity contribution in [2.45, 2.75) is 63.9 Å². The molecule has 0 aromatic heterocycles. The van der Waals surface area contributed by atoms with Gasteiger partial charge in [0.05, 0.1) is 17.0 Å². The summed E-state index contributed by atoms with van der Waals surface area (Å²) in [5.41, 5.74) is 0. The quantitative estimate of drug-likeness (QED) is 0.797. The third-order valence-corrected chi connectivity index (χ3v) is 6.03. The Morgan fingerprint density at radius 1 is 1.37 bits per heavy atom. The maximum Gasteiger partial charge on any atom is 0.241 e. The third-order valence-electron chi connectivity index (χ3n) is 3.89. The average Bonchev–Trinajstić information content (AvgIpc) is 2.52. The summed E-state index contributed by atoms with van der Waals surface area (Å²) in [6, 6.07) is -0.162. The minimum Gasteiger partial charge on any atom is -0.325 e. The van der Waals surface area contributed by atoms with Gasteiger partial charge in [0, 0.05) is 12.8 Å². The molecule has 1 aliphatic rings.